The van der Waals surface area contributed by atoms with E-state index in [1.54, 1.807) is 11.8 Å². The Morgan fingerprint density at radius 3 is 2.45 bits per heavy atom. The van der Waals surface area contributed by atoms with Crippen molar-refractivity contribution in [2.24, 2.45) is 0 Å². The van der Waals surface area contributed by atoms with E-state index < -0.39 is 5.54 Å². The van der Waals surface area contributed by atoms with Crippen molar-refractivity contribution in [2.45, 2.75) is 38.5 Å². The van der Waals surface area contributed by atoms with E-state index in [4.69, 9.17) is 4.74 Å². The van der Waals surface area contributed by atoms with Gasteiger partial charge in [-0.25, -0.2) is 0 Å². The maximum atomic E-state index is 12.8. The Labute approximate surface area is 127 Å². The van der Waals surface area contributed by atoms with E-state index in [1.807, 2.05) is 32.9 Å². The summed E-state index contributed by atoms with van der Waals surface area (Å²) in [7, 11) is 0. The third kappa shape index (κ3) is 4.47. The fraction of sp³-hybridized carbons (Fsp3) is 0.688. The SMILES string of the molecule is C/C=C(\C=C/C(C)SC)C(=O)C(C)(C)N1CCOCC1. The van der Waals surface area contributed by atoms with E-state index >= 15 is 0 Å². The molecule has 0 aliphatic carbocycles. The van der Waals surface area contributed by atoms with Crippen molar-refractivity contribution >= 4 is 17.5 Å². The number of morpholine rings is 1. The molecule has 1 heterocycles. The predicted molar refractivity (Wildman–Crippen MR) is 87.4 cm³/mol. The molecule has 1 unspecified atom stereocenters. The Balaban J connectivity index is 2.81. The molecule has 0 aromatic heterocycles. The number of nitrogens with zero attached hydrogens (tertiary/aromatic N) is 1. The fourth-order valence-corrected chi connectivity index (χ4v) is 2.48. The molecule has 1 fully saturated rings. The van der Waals surface area contributed by atoms with E-state index in [2.05, 4.69) is 24.2 Å². The first-order valence-electron chi connectivity index (χ1n) is 7.18. The minimum absolute atomic E-state index is 0.187. The number of thioether (sulfide) groups is 1. The van der Waals surface area contributed by atoms with Crippen LogP contribution in [-0.4, -0.2) is 54.0 Å². The van der Waals surface area contributed by atoms with Gasteiger partial charge >= 0.3 is 0 Å². The molecule has 0 spiro atoms. The molecule has 0 saturated carbocycles. The van der Waals surface area contributed by atoms with Gasteiger partial charge < -0.3 is 4.74 Å². The molecule has 0 aromatic carbocycles. The average Bonchev–Trinajstić information content (AvgIpc) is 2.48. The highest BCUT2D eigenvalue weighted by molar-refractivity contribution is 7.99. The second-order valence-electron chi connectivity index (χ2n) is 5.53. The zero-order chi connectivity index (χ0) is 15.2. The first-order valence-corrected chi connectivity index (χ1v) is 8.47. The summed E-state index contributed by atoms with van der Waals surface area (Å²) in [5.41, 5.74) is 0.320. The Kier molecular flexibility index (Phi) is 7.00. The van der Waals surface area contributed by atoms with Crippen molar-refractivity contribution in [2.75, 3.05) is 32.6 Å². The van der Waals surface area contributed by atoms with E-state index in [1.165, 1.54) is 0 Å². The Hall–Kier alpha value is -0.580. The van der Waals surface area contributed by atoms with Crippen molar-refractivity contribution in [3.8, 4) is 0 Å². The standard InChI is InChI=1S/C16H27NO2S/c1-6-14(8-7-13(2)20-5)15(18)16(3,4)17-9-11-19-12-10-17/h6-8,13H,9-12H2,1-5H3/b8-7-,14-6+. The van der Waals surface area contributed by atoms with E-state index in [-0.39, 0.29) is 5.78 Å². The molecule has 20 heavy (non-hydrogen) atoms. The molecule has 0 bridgehead atoms. The van der Waals surface area contributed by atoms with Gasteiger partial charge in [0.1, 0.15) is 0 Å². The fourth-order valence-electron chi connectivity index (χ4n) is 2.24. The molecule has 0 aromatic rings. The van der Waals surface area contributed by atoms with Gasteiger partial charge in [-0.05, 0) is 34.0 Å². The van der Waals surface area contributed by atoms with Crippen LogP contribution in [0.3, 0.4) is 0 Å². The number of ketones is 1. The third-order valence-corrected chi connectivity index (χ3v) is 4.75. The molecular weight excluding hydrogens is 270 g/mol. The summed E-state index contributed by atoms with van der Waals surface area (Å²) in [5, 5.41) is 0.421. The van der Waals surface area contributed by atoms with Crippen molar-refractivity contribution in [1.29, 1.82) is 0 Å². The molecule has 1 saturated heterocycles. The molecule has 1 rings (SSSR count). The van der Waals surface area contributed by atoms with Gasteiger partial charge in [0.05, 0.1) is 18.8 Å². The lowest BCUT2D eigenvalue weighted by molar-refractivity contribution is -0.128. The van der Waals surface area contributed by atoms with Crippen molar-refractivity contribution < 1.29 is 9.53 Å². The van der Waals surface area contributed by atoms with Crippen LogP contribution in [-0.2, 0) is 9.53 Å². The zero-order valence-electron chi connectivity index (χ0n) is 13.3. The highest BCUT2D eigenvalue weighted by atomic mass is 32.2. The van der Waals surface area contributed by atoms with Gasteiger partial charge in [-0.3, -0.25) is 9.69 Å². The van der Waals surface area contributed by atoms with E-state index in [9.17, 15) is 4.79 Å². The van der Waals surface area contributed by atoms with Crippen LogP contribution < -0.4 is 0 Å². The number of carbonyl (C=O) groups is 1. The van der Waals surface area contributed by atoms with Gasteiger partial charge in [0.15, 0.2) is 5.78 Å². The predicted octanol–water partition coefficient (Wildman–Crippen LogP) is 2.92. The number of hydrogen-bond donors (Lipinski definition) is 0. The molecule has 3 nitrogen and oxygen atoms in total. The smallest absolute Gasteiger partial charge is 0.182 e. The first-order chi connectivity index (χ1) is 9.43. The van der Waals surface area contributed by atoms with Crippen LogP contribution in [0.1, 0.15) is 27.7 Å². The largest absolute Gasteiger partial charge is 0.379 e. The molecule has 0 N–H and O–H groups in total. The minimum Gasteiger partial charge on any atom is -0.379 e. The molecule has 4 heteroatoms. The second kappa shape index (κ2) is 8.01. The first kappa shape index (κ1) is 17.5. The summed E-state index contributed by atoms with van der Waals surface area (Å²) in [4.78, 5) is 15.0. The van der Waals surface area contributed by atoms with Gasteiger partial charge in [0, 0.05) is 23.9 Å². The van der Waals surface area contributed by atoms with Crippen LogP contribution in [0.2, 0.25) is 0 Å². The summed E-state index contributed by atoms with van der Waals surface area (Å²) in [6, 6.07) is 0. The van der Waals surface area contributed by atoms with Crippen LogP contribution in [0.4, 0.5) is 0 Å². The van der Waals surface area contributed by atoms with Crippen molar-refractivity contribution in [3.05, 3.63) is 23.8 Å². The second-order valence-corrected chi connectivity index (χ2v) is 6.75. The van der Waals surface area contributed by atoms with Gasteiger partial charge in [0.2, 0.25) is 0 Å². The van der Waals surface area contributed by atoms with Gasteiger partial charge in [-0.15, -0.1) is 0 Å². The van der Waals surface area contributed by atoms with Crippen LogP contribution in [0.15, 0.2) is 23.8 Å². The number of Topliss-reactive ketones (excluding diaryl/α,β-unsaturated/α-hetero) is 1. The average molecular weight is 297 g/mol. The van der Waals surface area contributed by atoms with Crippen molar-refractivity contribution in [1.82, 2.24) is 4.90 Å². The number of ether oxygens (including phenoxy) is 1. The molecular formula is C16H27NO2S. The molecule has 114 valence electrons. The number of hydrogen-bond acceptors (Lipinski definition) is 4. The highest BCUT2D eigenvalue weighted by Crippen LogP contribution is 2.22. The van der Waals surface area contributed by atoms with Gasteiger partial charge in [-0.2, -0.15) is 11.8 Å². The molecule has 1 aliphatic rings. The molecule has 0 radical (unpaired) electrons. The number of carbonyl (C=O) groups excluding carboxylic acids is 1. The highest BCUT2D eigenvalue weighted by Gasteiger charge is 2.36. The maximum Gasteiger partial charge on any atom is 0.182 e. The molecule has 1 aliphatic heterocycles. The van der Waals surface area contributed by atoms with E-state index in [0.29, 0.717) is 18.5 Å². The summed E-state index contributed by atoms with van der Waals surface area (Å²) in [6.45, 7) is 11.1. The number of rotatable bonds is 6. The summed E-state index contributed by atoms with van der Waals surface area (Å²) < 4.78 is 5.37. The zero-order valence-corrected chi connectivity index (χ0v) is 14.1. The Morgan fingerprint density at radius 2 is 1.95 bits per heavy atom. The summed E-state index contributed by atoms with van der Waals surface area (Å²) >= 11 is 1.77. The van der Waals surface area contributed by atoms with Crippen LogP contribution in [0.25, 0.3) is 0 Å². The van der Waals surface area contributed by atoms with Crippen LogP contribution in [0, 0.1) is 0 Å². The monoisotopic (exact) mass is 297 g/mol. The third-order valence-electron chi connectivity index (χ3n) is 3.85. The summed E-state index contributed by atoms with van der Waals surface area (Å²) in [6.07, 6.45) is 8.04. The lowest BCUT2D eigenvalue weighted by Gasteiger charge is -2.39. The molecule has 1 atom stereocenters. The van der Waals surface area contributed by atoms with Gasteiger partial charge in [-0.1, -0.05) is 18.2 Å². The summed E-state index contributed by atoms with van der Waals surface area (Å²) in [5.74, 6) is 0.187. The van der Waals surface area contributed by atoms with Crippen LogP contribution >= 0.6 is 11.8 Å². The minimum atomic E-state index is -0.474. The van der Waals surface area contributed by atoms with Gasteiger partial charge in [0.25, 0.3) is 0 Å². The van der Waals surface area contributed by atoms with Crippen molar-refractivity contribution in [3.63, 3.8) is 0 Å². The Morgan fingerprint density at radius 1 is 1.35 bits per heavy atom. The maximum absolute atomic E-state index is 12.8. The molecule has 0 amide bonds. The number of allylic oxidation sites excluding steroid dienone is 2. The normalized spacial score (nSPS) is 20.4. The van der Waals surface area contributed by atoms with Crippen LogP contribution in [0.5, 0.6) is 0 Å². The topological polar surface area (TPSA) is 29.5 Å². The quantitative estimate of drug-likeness (QED) is 0.557. The Bertz CT molecular complexity index is 382. The lowest BCUT2D eigenvalue weighted by Crippen LogP contribution is -2.54. The lowest BCUT2D eigenvalue weighted by atomic mass is 9.90. The van der Waals surface area contributed by atoms with E-state index in [0.717, 1.165) is 18.7 Å².